The van der Waals surface area contributed by atoms with Crippen LogP contribution in [-0.2, 0) is 10.8 Å². The van der Waals surface area contributed by atoms with Crippen LogP contribution in [0.1, 0.15) is 12.5 Å². The maximum absolute atomic E-state index is 11.1. The summed E-state index contributed by atoms with van der Waals surface area (Å²) >= 11 is 0. The molecule has 0 heterocycles. The van der Waals surface area contributed by atoms with Gasteiger partial charge in [0.25, 0.3) is 0 Å². The van der Waals surface area contributed by atoms with Crippen molar-refractivity contribution >= 4 is 10.8 Å². The third kappa shape index (κ3) is 6.71. The third-order valence-electron chi connectivity index (χ3n) is 2.81. The van der Waals surface area contributed by atoms with Gasteiger partial charge in [-0.2, -0.15) is 0 Å². The fourth-order valence-electron chi connectivity index (χ4n) is 1.53. The summed E-state index contributed by atoms with van der Waals surface area (Å²) in [5.74, 6) is 0.766. The Kier molecular flexibility index (Phi) is 7.05. The minimum atomic E-state index is -0.836. The zero-order valence-corrected chi connectivity index (χ0v) is 12.6. The Morgan fingerprint density at radius 2 is 2.16 bits per heavy atom. The summed E-state index contributed by atoms with van der Waals surface area (Å²) in [4.78, 5) is 0. The molecule has 0 radical (unpaired) electrons. The topological polar surface area (TPSA) is 58.6 Å². The molecule has 3 unspecified atom stereocenters. The average Bonchev–Trinajstić information content (AvgIpc) is 2.36. The van der Waals surface area contributed by atoms with E-state index in [0.717, 1.165) is 11.3 Å². The summed E-state index contributed by atoms with van der Waals surface area (Å²) in [5.41, 5.74) is 1.13. The van der Waals surface area contributed by atoms with Gasteiger partial charge in [-0.25, -0.2) is 0 Å². The Balaban J connectivity index is 2.21. The number of hydrogen-bond donors (Lipinski definition) is 2. The number of nitrogens with one attached hydrogen (secondary N) is 1. The van der Waals surface area contributed by atoms with Gasteiger partial charge < -0.3 is 15.2 Å². The van der Waals surface area contributed by atoms with Crippen molar-refractivity contribution in [3.63, 3.8) is 0 Å². The zero-order valence-electron chi connectivity index (χ0n) is 11.8. The smallest absolute Gasteiger partial charge is 0.119 e. The van der Waals surface area contributed by atoms with E-state index in [9.17, 15) is 9.32 Å². The lowest BCUT2D eigenvalue weighted by Gasteiger charge is -2.15. The van der Waals surface area contributed by atoms with Gasteiger partial charge in [0, 0.05) is 35.4 Å². The van der Waals surface area contributed by atoms with E-state index in [1.807, 2.05) is 38.1 Å². The fourth-order valence-corrected chi connectivity index (χ4v) is 1.88. The van der Waals surface area contributed by atoms with Crippen molar-refractivity contribution in [2.24, 2.45) is 0 Å². The number of aryl methyl sites for hydroxylation is 1. The van der Waals surface area contributed by atoms with Crippen molar-refractivity contribution in [2.45, 2.75) is 25.2 Å². The van der Waals surface area contributed by atoms with Crippen LogP contribution in [0.25, 0.3) is 0 Å². The van der Waals surface area contributed by atoms with Crippen LogP contribution in [0.3, 0.4) is 0 Å². The normalized spacial score (nSPS) is 15.8. The molecule has 5 heteroatoms. The van der Waals surface area contributed by atoms with Gasteiger partial charge in [0.15, 0.2) is 0 Å². The van der Waals surface area contributed by atoms with E-state index in [-0.39, 0.29) is 11.9 Å². The maximum Gasteiger partial charge on any atom is 0.119 e. The number of aliphatic hydroxyl groups excluding tert-OH is 1. The van der Waals surface area contributed by atoms with Crippen molar-refractivity contribution < 1.29 is 14.1 Å². The van der Waals surface area contributed by atoms with Crippen LogP contribution in [0, 0.1) is 6.92 Å². The first kappa shape index (κ1) is 16.1. The molecule has 0 aliphatic carbocycles. The number of aliphatic hydroxyl groups is 1. The summed E-state index contributed by atoms with van der Waals surface area (Å²) in [6.07, 6.45) is 1.11. The lowest BCUT2D eigenvalue weighted by Crippen LogP contribution is -2.36. The van der Waals surface area contributed by atoms with Gasteiger partial charge in [0.1, 0.15) is 18.5 Å². The predicted octanol–water partition coefficient (Wildman–Crippen LogP) is 1.09. The first-order valence-corrected chi connectivity index (χ1v) is 8.01. The Labute approximate surface area is 117 Å². The molecule has 108 valence electrons. The van der Waals surface area contributed by atoms with E-state index in [0.29, 0.717) is 13.1 Å². The molecule has 0 saturated carbocycles. The highest BCUT2D eigenvalue weighted by Crippen LogP contribution is 2.12. The van der Waals surface area contributed by atoms with Gasteiger partial charge in [-0.05, 0) is 31.5 Å². The van der Waals surface area contributed by atoms with Crippen molar-refractivity contribution in [3.8, 4) is 5.75 Å². The molecule has 1 rings (SSSR count). The average molecular weight is 285 g/mol. The Hall–Kier alpha value is -0.910. The number of rotatable bonds is 8. The molecular formula is C14H23NO3S. The predicted molar refractivity (Wildman–Crippen MR) is 79.1 cm³/mol. The lowest BCUT2D eigenvalue weighted by molar-refractivity contribution is 0.106. The molecule has 0 aromatic heterocycles. The highest BCUT2D eigenvalue weighted by atomic mass is 32.2. The molecule has 1 aromatic carbocycles. The first-order valence-electron chi connectivity index (χ1n) is 6.39. The van der Waals surface area contributed by atoms with Crippen LogP contribution in [0.4, 0.5) is 0 Å². The van der Waals surface area contributed by atoms with E-state index in [4.69, 9.17) is 4.74 Å². The minimum Gasteiger partial charge on any atom is -0.491 e. The highest BCUT2D eigenvalue weighted by molar-refractivity contribution is 7.84. The van der Waals surface area contributed by atoms with Crippen molar-refractivity contribution in [2.75, 3.05) is 26.0 Å². The lowest BCUT2D eigenvalue weighted by atomic mass is 10.2. The van der Waals surface area contributed by atoms with Crippen LogP contribution in [0.2, 0.25) is 0 Å². The summed E-state index contributed by atoms with van der Waals surface area (Å²) in [5, 5.41) is 12.9. The second-order valence-electron chi connectivity index (χ2n) is 4.75. The largest absolute Gasteiger partial charge is 0.491 e. The molecule has 0 amide bonds. The van der Waals surface area contributed by atoms with Gasteiger partial charge in [-0.1, -0.05) is 12.1 Å². The molecule has 2 N–H and O–H groups in total. The summed E-state index contributed by atoms with van der Waals surface area (Å²) in [7, 11) is -0.836. The Bertz CT molecular complexity index is 411. The fraction of sp³-hybridized carbons (Fsp3) is 0.571. The first-order chi connectivity index (χ1) is 8.99. The number of hydrogen-bond acceptors (Lipinski definition) is 4. The molecule has 4 nitrogen and oxygen atoms in total. The van der Waals surface area contributed by atoms with E-state index in [2.05, 4.69) is 5.32 Å². The molecule has 19 heavy (non-hydrogen) atoms. The van der Waals surface area contributed by atoms with E-state index < -0.39 is 16.9 Å². The van der Waals surface area contributed by atoms with Gasteiger partial charge in [0.2, 0.25) is 0 Å². The molecule has 3 atom stereocenters. The molecule has 0 bridgehead atoms. The standard InChI is InChI=1S/C14H23NO3S/c1-11-5-4-6-14(7-11)18-10-13(16)9-15-8-12(2)19(3)17/h4-7,12-13,15-16H,8-10H2,1-3H3. The summed E-state index contributed by atoms with van der Waals surface area (Å²) in [6, 6.07) is 7.72. The molecule has 0 aliphatic heterocycles. The molecule has 0 saturated heterocycles. The van der Waals surface area contributed by atoms with Gasteiger partial charge in [-0.3, -0.25) is 4.21 Å². The van der Waals surface area contributed by atoms with Crippen LogP contribution >= 0.6 is 0 Å². The monoisotopic (exact) mass is 285 g/mol. The molecular weight excluding hydrogens is 262 g/mol. The molecule has 1 aromatic rings. The summed E-state index contributed by atoms with van der Waals surface area (Å²) in [6.45, 7) is 5.23. The zero-order chi connectivity index (χ0) is 14.3. The SMILES string of the molecule is Cc1cccc(OCC(O)CNCC(C)S(C)=O)c1. The van der Waals surface area contributed by atoms with Gasteiger partial charge >= 0.3 is 0 Å². The molecule has 0 spiro atoms. The van der Waals surface area contributed by atoms with Crippen LogP contribution < -0.4 is 10.1 Å². The minimum absolute atomic E-state index is 0.0879. The number of benzene rings is 1. The van der Waals surface area contributed by atoms with E-state index in [1.165, 1.54) is 0 Å². The van der Waals surface area contributed by atoms with Crippen LogP contribution in [-0.4, -0.2) is 46.6 Å². The summed E-state index contributed by atoms with van der Waals surface area (Å²) < 4.78 is 16.6. The second kappa shape index (κ2) is 8.30. The van der Waals surface area contributed by atoms with E-state index in [1.54, 1.807) is 6.26 Å². The Morgan fingerprint density at radius 3 is 2.79 bits per heavy atom. The maximum atomic E-state index is 11.1. The van der Waals surface area contributed by atoms with Crippen molar-refractivity contribution in [1.82, 2.24) is 5.32 Å². The van der Waals surface area contributed by atoms with E-state index >= 15 is 0 Å². The highest BCUT2D eigenvalue weighted by Gasteiger charge is 2.08. The van der Waals surface area contributed by atoms with Crippen molar-refractivity contribution in [3.05, 3.63) is 29.8 Å². The molecule has 0 fully saturated rings. The third-order valence-corrected chi connectivity index (χ3v) is 4.11. The Morgan fingerprint density at radius 1 is 1.42 bits per heavy atom. The van der Waals surface area contributed by atoms with Gasteiger partial charge in [0.05, 0.1) is 0 Å². The molecule has 0 aliphatic rings. The quantitative estimate of drug-likeness (QED) is 0.751. The van der Waals surface area contributed by atoms with Crippen LogP contribution in [0.15, 0.2) is 24.3 Å². The second-order valence-corrected chi connectivity index (χ2v) is 6.55. The van der Waals surface area contributed by atoms with Crippen molar-refractivity contribution in [1.29, 1.82) is 0 Å². The van der Waals surface area contributed by atoms with Crippen LogP contribution in [0.5, 0.6) is 5.75 Å². The number of ether oxygens (including phenoxy) is 1. The van der Waals surface area contributed by atoms with Gasteiger partial charge in [-0.15, -0.1) is 0 Å².